The Labute approximate surface area is 197 Å². The molecule has 0 fully saturated rings. The highest BCUT2D eigenvalue weighted by atomic mass is 35.5. The lowest BCUT2D eigenvalue weighted by Crippen LogP contribution is -2.42. The lowest BCUT2D eigenvalue weighted by atomic mass is 10.1. The zero-order chi connectivity index (χ0) is 23.5. The van der Waals surface area contributed by atoms with Crippen molar-refractivity contribution in [1.82, 2.24) is 14.7 Å². The summed E-state index contributed by atoms with van der Waals surface area (Å²) in [5, 5.41) is 15.5. The van der Waals surface area contributed by atoms with E-state index in [1.54, 1.807) is 18.2 Å². The second-order valence-corrected chi connectivity index (χ2v) is 8.68. The summed E-state index contributed by atoms with van der Waals surface area (Å²) in [6, 6.07) is 14.8. The monoisotopic (exact) mass is 463 g/mol. The average molecular weight is 464 g/mol. The molecule has 2 amide bonds. The molecule has 1 unspecified atom stereocenters. The highest BCUT2D eigenvalue weighted by Gasteiger charge is 2.33. The molecule has 1 atom stereocenters. The van der Waals surface area contributed by atoms with Gasteiger partial charge in [-0.3, -0.25) is 14.3 Å². The summed E-state index contributed by atoms with van der Waals surface area (Å²) in [5.74, 6) is -0.282. The van der Waals surface area contributed by atoms with Gasteiger partial charge in [-0.25, -0.2) is 0 Å². The average Bonchev–Trinajstić information content (AvgIpc) is 3.23. The van der Waals surface area contributed by atoms with Crippen molar-refractivity contribution in [3.8, 4) is 11.3 Å². The van der Waals surface area contributed by atoms with Crippen LogP contribution in [0.1, 0.15) is 54.3 Å². The van der Waals surface area contributed by atoms with E-state index in [4.69, 9.17) is 22.1 Å². The predicted molar refractivity (Wildman–Crippen MR) is 130 cm³/mol. The fraction of sp³-hybridized carbons (Fsp3) is 0.280. The summed E-state index contributed by atoms with van der Waals surface area (Å²) in [5.41, 5.74) is 4.28. The molecule has 0 saturated heterocycles. The van der Waals surface area contributed by atoms with Crippen molar-refractivity contribution in [2.45, 2.75) is 39.3 Å². The first-order valence-corrected chi connectivity index (χ1v) is 11.3. The molecule has 0 bridgehead atoms. The largest absolute Gasteiger partial charge is 0.331 e. The van der Waals surface area contributed by atoms with Crippen LogP contribution in [0, 0.1) is 5.41 Å². The van der Waals surface area contributed by atoms with E-state index < -0.39 is 0 Å². The molecule has 33 heavy (non-hydrogen) atoms. The first-order valence-electron chi connectivity index (χ1n) is 10.9. The smallest absolute Gasteiger partial charge is 0.272 e. The molecule has 2 aromatic carbocycles. The SMILES string of the molecule is CCCC1CN(Cc2ccc(C=N)cc2)C(=O)c2cc(-c3ccc(Cl)cc3NC(C)=O)nn21. The van der Waals surface area contributed by atoms with E-state index in [1.807, 2.05) is 39.9 Å². The number of rotatable bonds is 7. The third kappa shape index (κ3) is 4.83. The minimum Gasteiger partial charge on any atom is -0.331 e. The number of hydrogen-bond donors (Lipinski definition) is 2. The van der Waals surface area contributed by atoms with Crippen molar-refractivity contribution in [3.05, 3.63) is 70.4 Å². The van der Waals surface area contributed by atoms with Crippen LogP contribution in [0.15, 0.2) is 48.5 Å². The van der Waals surface area contributed by atoms with Gasteiger partial charge in [-0.05, 0) is 41.8 Å². The number of benzene rings is 2. The summed E-state index contributed by atoms with van der Waals surface area (Å²) in [4.78, 5) is 26.9. The van der Waals surface area contributed by atoms with Gasteiger partial charge in [-0.2, -0.15) is 5.10 Å². The Morgan fingerprint density at radius 1 is 1.24 bits per heavy atom. The summed E-state index contributed by atoms with van der Waals surface area (Å²) in [7, 11) is 0. The first kappa shape index (κ1) is 22.7. The maximum absolute atomic E-state index is 13.4. The number of anilines is 1. The number of aromatic nitrogens is 2. The van der Waals surface area contributed by atoms with Gasteiger partial charge in [0.25, 0.3) is 5.91 Å². The van der Waals surface area contributed by atoms with Crippen molar-refractivity contribution < 1.29 is 9.59 Å². The van der Waals surface area contributed by atoms with E-state index in [-0.39, 0.29) is 17.9 Å². The van der Waals surface area contributed by atoms with E-state index in [2.05, 4.69) is 12.2 Å². The maximum Gasteiger partial charge on any atom is 0.272 e. The highest BCUT2D eigenvalue weighted by molar-refractivity contribution is 6.31. The van der Waals surface area contributed by atoms with Crippen LogP contribution in [0.25, 0.3) is 11.3 Å². The van der Waals surface area contributed by atoms with Crippen LogP contribution >= 0.6 is 11.6 Å². The van der Waals surface area contributed by atoms with Crippen molar-refractivity contribution in [3.63, 3.8) is 0 Å². The Balaban J connectivity index is 1.69. The van der Waals surface area contributed by atoms with Crippen molar-refractivity contribution in [1.29, 1.82) is 5.41 Å². The molecule has 1 aromatic heterocycles. The van der Waals surface area contributed by atoms with Gasteiger partial charge in [0.1, 0.15) is 5.69 Å². The molecule has 0 spiro atoms. The number of carbonyl (C=O) groups is 2. The molecule has 4 rings (SSSR count). The molecule has 0 saturated carbocycles. The standard InChI is InChI=1S/C25H26ClN5O2/c1-3-4-20-15-30(14-18-7-5-17(13-27)6-8-18)25(33)24-12-23(29-31(20)24)21-10-9-19(26)11-22(21)28-16(2)32/h5-13,20,27H,3-4,14-15H2,1-2H3,(H,28,32). The van der Waals surface area contributed by atoms with E-state index in [0.717, 1.165) is 24.0 Å². The minimum atomic E-state index is -0.206. The number of nitrogens with zero attached hydrogens (tertiary/aromatic N) is 3. The molecule has 2 heterocycles. The van der Waals surface area contributed by atoms with Crippen molar-refractivity contribution in [2.75, 3.05) is 11.9 Å². The zero-order valence-electron chi connectivity index (χ0n) is 18.6. The van der Waals surface area contributed by atoms with Crippen LogP contribution in [-0.2, 0) is 11.3 Å². The number of amides is 2. The fourth-order valence-corrected chi connectivity index (χ4v) is 4.37. The zero-order valence-corrected chi connectivity index (χ0v) is 19.4. The number of carbonyl (C=O) groups excluding carboxylic acids is 2. The number of halogens is 1. The van der Waals surface area contributed by atoms with E-state index in [1.165, 1.54) is 13.1 Å². The number of fused-ring (bicyclic) bond motifs is 1. The van der Waals surface area contributed by atoms with Gasteiger partial charge in [-0.1, -0.05) is 49.2 Å². The summed E-state index contributed by atoms with van der Waals surface area (Å²) < 4.78 is 1.84. The molecule has 0 radical (unpaired) electrons. The summed E-state index contributed by atoms with van der Waals surface area (Å²) in [6.45, 7) is 4.63. The molecule has 2 N–H and O–H groups in total. The van der Waals surface area contributed by atoms with Gasteiger partial charge in [0, 0.05) is 36.8 Å². The maximum atomic E-state index is 13.4. The summed E-state index contributed by atoms with van der Waals surface area (Å²) >= 11 is 6.14. The Morgan fingerprint density at radius 2 is 2.00 bits per heavy atom. The lowest BCUT2D eigenvalue weighted by Gasteiger charge is -2.33. The van der Waals surface area contributed by atoms with Crippen LogP contribution in [0.2, 0.25) is 5.02 Å². The molecular weight excluding hydrogens is 438 g/mol. The second kappa shape index (κ2) is 9.58. The Hall–Kier alpha value is -3.45. The topological polar surface area (TPSA) is 91.1 Å². The first-order chi connectivity index (χ1) is 15.9. The van der Waals surface area contributed by atoms with Gasteiger partial charge in [0.15, 0.2) is 0 Å². The fourth-order valence-electron chi connectivity index (χ4n) is 4.20. The molecule has 0 aliphatic carbocycles. The quantitative estimate of drug-likeness (QED) is 0.474. The van der Waals surface area contributed by atoms with Crippen LogP contribution in [-0.4, -0.2) is 39.3 Å². The van der Waals surface area contributed by atoms with Gasteiger partial charge < -0.3 is 15.6 Å². The van der Waals surface area contributed by atoms with E-state index in [0.29, 0.717) is 40.8 Å². The van der Waals surface area contributed by atoms with Gasteiger partial charge in [0.05, 0.1) is 17.4 Å². The van der Waals surface area contributed by atoms with Crippen LogP contribution in [0.5, 0.6) is 0 Å². The van der Waals surface area contributed by atoms with Gasteiger partial charge >= 0.3 is 0 Å². The molecule has 1 aliphatic rings. The van der Waals surface area contributed by atoms with Crippen LogP contribution < -0.4 is 5.32 Å². The normalized spacial score (nSPS) is 15.3. The van der Waals surface area contributed by atoms with Crippen LogP contribution in [0.3, 0.4) is 0 Å². The Kier molecular flexibility index (Phi) is 6.60. The number of hydrogen-bond acceptors (Lipinski definition) is 4. The van der Waals surface area contributed by atoms with E-state index >= 15 is 0 Å². The lowest BCUT2D eigenvalue weighted by molar-refractivity contribution is -0.114. The van der Waals surface area contributed by atoms with Crippen molar-refractivity contribution in [2.24, 2.45) is 0 Å². The van der Waals surface area contributed by atoms with Crippen LogP contribution in [0.4, 0.5) is 5.69 Å². The third-order valence-electron chi connectivity index (χ3n) is 5.73. The number of nitrogens with one attached hydrogen (secondary N) is 2. The second-order valence-electron chi connectivity index (χ2n) is 8.24. The molecular formula is C25H26ClN5O2. The molecule has 1 aliphatic heterocycles. The molecule has 170 valence electrons. The molecule has 7 nitrogen and oxygen atoms in total. The Morgan fingerprint density at radius 3 is 2.67 bits per heavy atom. The highest BCUT2D eigenvalue weighted by Crippen LogP contribution is 2.34. The van der Waals surface area contributed by atoms with E-state index in [9.17, 15) is 9.59 Å². The summed E-state index contributed by atoms with van der Waals surface area (Å²) in [6.07, 6.45) is 3.16. The minimum absolute atomic E-state index is 0.0637. The third-order valence-corrected chi connectivity index (χ3v) is 5.96. The van der Waals surface area contributed by atoms with Gasteiger partial charge in [0.2, 0.25) is 5.91 Å². The van der Waals surface area contributed by atoms with Crippen molar-refractivity contribution >= 4 is 35.3 Å². The molecule has 3 aromatic rings. The molecule has 8 heteroatoms. The predicted octanol–water partition coefficient (Wildman–Crippen LogP) is 5.16. The Bertz CT molecular complexity index is 1200. The van der Waals surface area contributed by atoms with Gasteiger partial charge in [-0.15, -0.1) is 0 Å².